The molecule has 0 N–H and O–H groups in total. The first kappa shape index (κ1) is 19.2. The zero-order chi connectivity index (χ0) is 20.2. The van der Waals surface area contributed by atoms with Crippen molar-refractivity contribution in [1.29, 1.82) is 0 Å². The van der Waals surface area contributed by atoms with E-state index in [2.05, 4.69) is 4.98 Å². The molecule has 0 amide bonds. The predicted octanol–water partition coefficient (Wildman–Crippen LogP) is 5.88. The Balaban J connectivity index is 1.62. The Hall–Kier alpha value is -3.18. The van der Waals surface area contributed by atoms with Gasteiger partial charge in [0.05, 0.1) is 10.9 Å². The van der Waals surface area contributed by atoms with Crippen LogP contribution in [-0.2, 0) is 6.42 Å². The van der Waals surface area contributed by atoms with Crippen molar-refractivity contribution in [2.75, 3.05) is 6.61 Å². The Morgan fingerprint density at radius 2 is 2.03 bits per heavy atom. The summed E-state index contributed by atoms with van der Waals surface area (Å²) in [6, 6.07) is 13.8. The van der Waals surface area contributed by atoms with Gasteiger partial charge in [-0.25, -0.2) is 4.98 Å². The number of ether oxygens (including phenoxy) is 1. The van der Waals surface area contributed by atoms with Gasteiger partial charge in [-0.05, 0) is 36.6 Å². The maximum absolute atomic E-state index is 13.0. The fourth-order valence-electron chi connectivity index (χ4n) is 3.12. The van der Waals surface area contributed by atoms with Crippen molar-refractivity contribution in [3.8, 4) is 16.3 Å². The third-order valence-corrected chi connectivity index (χ3v) is 5.62. The molecule has 0 bridgehead atoms. The van der Waals surface area contributed by atoms with Crippen LogP contribution in [0.3, 0.4) is 0 Å². The highest BCUT2D eigenvalue weighted by Crippen LogP contribution is 2.28. The maximum Gasteiger partial charge on any atom is 0.202 e. The summed E-state index contributed by atoms with van der Waals surface area (Å²) in [5.41, 5.74) is 3.95. The van der Waals surface area contributed by atoms with E-state index in [4.69, 9.17) is 9.15 Å². The molecular weight excluding hydrogens is 382 g/mol. The van der Waals surface area contributed by atoms with E-state index in [1.807, 2.05) is 73.8 Å². The Morgan fingerprint density at radius 1 is 1.21 bits per heavy atom. The standard InChI is InChI=1S/C24H21NO3S/c1-3-18-12-19-22(28-14-20(23(19)26)24-25-16(2)15-29-24)13-21(18)27-11-7-10-17-8-5-4-6-9-17/h4-10,12-15H,3,11H2,1-2H3/b10-7+. The lowest BCUT2D eigenvalue weighted by Crippen LogP contribution is -2.06. The van der Waals surface area contributed by atoms with Crippen molar-refractivity contribution in [1.82, 2.24) is 4.98 Å². The Morgan fingerprint density at radius 3 is 2.76 bits per heavy atom. The predicted molar refractivity (Wildman–Crippen MR) is 119 cm³/mol. The van der Waals surface area contributed by atoms with E-state index in [0.717, 1.165) is 29.0 Å². The first-order valence-electron chi connectivity index (χ1n) is 9.51. The molecule has 4 rings (SSSR count). The summed E-state index contributed by atoms with van der Waals surface area (Å²) < 4.78 is 11.7. The topological polar surface area (TPSA) is 52.3 Å². The van der Waals surface area contributed by atoms with E-state index in [-0.39, 0.29) is 5.43 Å². The lowest BCUT2D eigenvalue weighted by atomic mass is 10.1. The van der Waals surface area contributed by atoms with Gasteiger partial charge in [0.1, 0.15) is 29.2 Å². The molecule has 0 saturated heterocycles. The van der Waals surface area contributed by atoms with Crippen LogP contribution in [0.4, 0.5) is 0 Å². The molecule has 4 nitrogen and oxygen atoms in total. The smallest absolute Gasteiger partial charge is 0.202 e. The molecule has 0 saturated carbocycles. The summed E-state index contributed by atoms with van der Waals surface area (Å²) in [6.07, 6.45) is 6.25. The van der Waals surface area contributed by atoms with E-state index in [1.54, 1.807) is 0 Å². The van der Waals surface area contributed by atoms with Crippen LogP contribution in [0.2, 0.25) is 0 Å². The molecule has 0 fully saturated rings. The molecule has 2 aromatic heterocycles. The van der Waals surface area contributed by atoms with Crippen LogP contribution in [0.15, 0.2) is 69.4 Å². The Labute approximate surface area is 173 Å². The van der Waals surface area contributed by atoms with Crippen LogP contribution < -0.4 is 10.2 Å². The number of benzene rings is 2. The summed E-state index contributed by atoms with van der Waals surface area (Å²) in [5.74, 6) is 0.735. The third-order valence-electron chi connectivity index (χ3n) is 4.63. The van der Waals surface area contributed by atoms with Crippen LogP contribution in [0.1, 0.15) is 23.7 Å². The van der Waals surface area contributed by atoms with Crippen molar-refractivity contribution < 1.29 is 9.15 Å². The van der Waals surface area contributed by atoms with E-state index < -0.39 is 0 Å². The average molecular weight is 404 g/mol. The van der Waals surface area contributed by atoms with Gasteiger partial charge in [0.15, 0.2) is 0 Å². The molecule has 146 valence electrons. The van der Waals surface area contributed by atoms with Crippen LogP contribution >= 0.6 is 11.3 Å². The van der Waals surface area contributed by atoms with Gasteiger partial charge in [0.2, 0.25) is 5.43 Å². The quantitative estimate of drug-likeness (QED) is 0.403. The molecule has 2 heterocycles. The fourth-order valence-corrected chi connectivity index (χ4v) is 3.92. The molecule has 0 aliphatic carbocycles. The average Bonchev–Trinajstić information content (AvgIpc) is 3.18. The second-order valence-corrected chi connectivity index (χ2v) is 7.56. The normalized spacial score (nSPS) is 11.4. The van der Waals surface area contributed by atoms with Gasteiger partial charge in [-0.2, -0.15) is 0 Å². The summed E-state index contributed by atoms with van der Waals surface area (Å²) in [7, 11) is 0. The fraction of sp³-hybridized carbons (Fsp3) is 0.167. The van der Waals surface area contributed by atoms with Crippen LogP contribution in [0.25, 0.3) is 27.6 Å². The second-order valence-electron chi connectivity index (χ2n) is 6.71. The summed E-state index contributed by atoms with van der Waals surface area (Å²) >= 11 is 1.45. The Kier molecular flexibility index (Phi) is 5.58. The monoisotopic (exact) mass is 403 g/mol. The zero-order valence-corrected chi connectivity index (χ0v) is 17.2. The van der Waals surface area contributed by atoms with Crippen LogP contribution in [-0.4, -0.2) is 11.6 Å². The number of aromatic nitrogens is 1. The van der Waals surface area contributed by atoms with Gasteiger partial charge < -0.3 is 9.15 Å². The maximum atomic E-state index is 13.0. The second kappa shape index (κ2) is 8.45. The number of aryl methyl sites for hydroxylation is 2. The van der Waals surface area contributed by atoms with Gasteiger partial charge in [-0.1, -0.05) is 43.3 Å². The summed E-state index contributed by atoms with van der Waals surface area (Å²) in [4.78, 5) is 17.4. The van der Waals surface area contributed by atoms with Crippen LogP contribution in [0, 0.1) is 6.92 Å². The molecule has 0 radical (unpaired) electrons. The highest BCUT2D eigenvalue weighted by Gasteiger charge is 2.14. The highest BCUT2D eigenvalue weighted by molar-refractivity contribution is 7.13. The number of fused-ring (bicyclic) bond motifs is 1. The molecule has 0 aliphatic heterocycles. The first-order chi connectivity index (χ1) is 14.2. The molecule has 0 aliphatic rings. The van der Waals surface area contributed by atoms with Gasteiger partial charge in [0.25, 0.3) is 0 Å². The van der Waals surface area contributed by atoms with Gasteiger partial charge in [0, 0.05) is 17.1 Å². The molecule has 2 aromatic carbocycles. The largest absolute Gasteiger partial charge is 0.489 e. The minimum absolute atomic E-state index is 0.0641. The lowest BCUT2D eigenvalue weighted by Gasteiger charge is -2.10. The van der Waals surface area contributed by atoms with Gasteiger partial charge >= 0.3 is 0 Å². The molecule has 0 atom stereocenters. The number of hydrogen-bond acceptors (Lipinski definition) is 5. The minimum Gasteiger partial charge on any atom is -0.489 e. The van der Waals surface area contributed by atoms with Crippen molar-refractivity contribution >= 4 is 28.4 Å². The summed E-state index contributed by atoms with van der Waals surface area (Å²) in [6.45, 7) is 4.39. The number of rotatable bonds is 6. The zero-order valence-electron chi connectivity index (χ0n) is 16.3. The van der Waals surface area contributed by atoms with E-state index in [0.29, 0.717) is 28.1 Å². The lowest BCUT2D eigenvalue weighted by molar-refractivity contribution is 0.359. The summed E-state index contributed by atoms with van der Waals surface area (Å²) in [5, 5.41) is 3.16. The van der Waals surface area contributed by atoms with Crippen LogP contribution in [0.5, 0.6) is 5.75 Å². The van der Waals surface area contributed by atoms with Crippen molar-refractivity contribution in [3.63, 3.8) is 0 Å². The number of nitrogens with zero attached hydrogens (tertiary/aromatic N) is 1. The third kappa shape index (κ3) is 4.15. The van der Waals surface area contributed by atoms with Crippen molar-refractivity contribution in [3.05, 3.63) is 87.2 Å². The van der Waals surface area contributed by atoms with Crippen molar-refractivity contribution in [2.24, 2.45) is 0 Å². The molecule has 4 aromatic rings. The number of thiazole rings is 1. The SMILES string of the molecule is CCc1cc2c(=O)c(-c3nc(C)cs3)coc2cc1OC/C=C/c1ccccc1. The highest BCUT2D eigenvalue weighted by atomic mass is 32.1. The Bertz CT molecular complexity index is 1220. The molecule has 0 spiro atoms. The van der Waals surface area contributed by atoms with E-state index in [9.17, 15) is 4.79 Å². The number of hydrogen-bond donors (Lipinski definition) is 0. The van der Waals surface area contributed by atoms with Gasteiger partial charge in [-0.3, -0.25) is 4.79 Å². The van der Waals surface area contributed by atoms with Gasteiger partial charge in [-0.15, -0.1) is 11.3 Å². The van der Waals surface area contributed by atoms with E-state index in [1.165, 1.54) is 17.6 Å². The molecular formula is C24H21NO3S. The first-order valence-corrected chi connectivity index (χ1v) is 10.4. The minimum atomic E-state index is -0.0641. The van der Waals surface area contributed by atoms with E-state index >= 15 is 0 Å². The van der Waals surface area contributed by atoms with Crippen molar-refractivity contribution in [2.45, 2.75) is 20.3 Å². The molecule has 0 unspecified atom stereocenters. The molecule has 5 heteroatoms. The molecule has 29 heavy (non-hydrogen) atoms.